The van der Waals surface area contributed by atoms with Crippen LogP contribution in [0.25, 0.3) is 10.8 Å². The summed E-state index contributed by atoms with van der Waals surface area (Å²) in [7, 11) is 0. The molecule has 4 atom stereocenters. The minimum Gasteiger partial charge on any atom is -0.390 e. The number of ether oxygens (including phenoxy) is 2. The second kappa shape index (κ2) is 8.19. The Bertz CT molecular complexity index is 880. The van der Waals surface area contributed by atoms with E-state index < -0.39 is 18.3 Å². The fraction of sp³-hybridized carbons (Fsp3) is 0.304. The number of fused-ring (bicyclic) bond motifs is 1. The van der Waals surface area contributed by atoms with Crippen molar-refractivity contribution in [2.45, 2.75) is 37.4 Å². The van der Waals surface area contributed by atoms with Crippen molar-refractivity contribution in [1.82, 2.24) is 0 Å². The van der Waals surface area contributed by atoms with Crippen LogP contribution in [0.5, 0.6) is 0 Å². The molecule has 0 saturated carbocycles. The number of hydrogen-bond acceptors (Lipinski definition) is 4. The van der Waals surface area contributed by atoms with Gasteiger partial charge in [-0.2, -0.15) is 0 Å². The summed E-state index contributed by atoms with van der Waals surface area (Å²) in [5.74, 6) is 0. The van der Waals surface area contributed by atoms with Gasteiger partial charge < -0.3 is 19.7 Å². The van der Waals surface area contributed by atoms with Crippen LogP contribution in [0, 0.1) is 0 Å². The minimum absolute atomic E-state index is 0.233. The molecule has 1 heterocycles. The third-order valence-electron chi connectivity index (χ3n) is 5.11. The van der Waals surface area contributed by atoms with E-state index in [-0.39, 0.29) is 12.7 Å². The molecule has 0 aliphatic carbocycles. The van der Waals surface area contributed by atoms with Gasteiger partial charge in [-0.15, -0.1) is 0 Å². The standard InChI is InChI=1S/C23H24O4/c24-20-13-21(19-11-10-17-8-4-5-9-18(17)12-19)27-22(23(20)25)15-26-14-16-6-2-1-3-7-16/h1-12,20-25H,13-15H2/t20-,21-,22-,23+/m1/s1. The van der Waals surface area contributed by atoms with Gasteiger partial charge in [0.2, 0.25) is 0 Å². The third kappa shape index (κ3) is 4.20. The molecule has 1 aliphatic rings. The van der Waals surface area contributed by atoms with Crippen LogP contribution in [0.3, 0.4) is 0 Å². The lowest BCUT2D eigenvalue weighted by Gasteiger charge is -2.37. The third-order valence-corrected chi connectivity index (χ3v) is 5.11. The molecular weight excluding hydrogens is 340 g/mol. The maximum absolute atomic E-state index is 10.3. The normalized spacial score (nSPS) is 25.6. The monoisotopic (exact) mass is 364 g/mol. The van der Waals surface area contributed by atoms with Crippen molar-refractivity contribution < 1.29 is 19.7 Å². The second-order valence-corrected chi connectivity index (χ2v) is 7.06. The fourth-order valence-electron chi connectivity index (χ4n) is 3.58. The molecule has 3 aromatic carbocycles. The predicted molar refractivity (Wildman–Crippen MR) is 104 cm³/mol. The lowest BCUT2D eigenvalue weighted by molar-refractivity contribution is -0.188. The Labute approximate surface area is 159 Å². The maximum Gasteiger partial charge on any atom is 0.110 e. The lowest BCUT2D eigenvalue weighted by atomic mass is 9.93. The molecule has 0 radical (unpaired) electrons. The van der Waals surface area contributed by atoms with Gasteiger partial charge >= 0.3 is 0 Å². The molecule has 0 amide bonds. The number of benzene rings is 3. The molecule has 1 saturated heterocycles. The summed E-state index contributed by atoms with van der Waals surface area (Å²) in [6.45, 7) is 0.682. The zero-order valence-corrected chi connectivity index (χ0v) is 15.1. The highest BCUT2D eigenvalue weighted by Gasteiger charge is 2.37. The van der Waals surface area contributed by atoms with E-state index in [0.717, 1.165) is 16.5 Å². The number of aliphatic hydroxyl groups excluding tert-OH is 2. The second-order valence-electron chi connectivity index (χ2n) is 7.06. The van der Waals surface area contributed by atoms with Gasteiger partial charge in [-0.1, -0.05) is 66.7 Å². The van der Waals surface area contributed by atoms with Gasteiger partial charge in [0.25, 0.3) is 0 Å². The van der Waals surface area contributed by atoms with Crippen molar-refractivity contribution in [1.29, 1.82) is 0 Å². The van der Waals surface area contributed by atoms with E-state index in [1.165, 1.54) is 5.39 Å². The quantitative estimate of drug-likeness (QED) is 0.726. The number of rotatable bonds is 5. The van der Waals surface area contributed by atoms with Gasteiger partial charge in [-0.3, -0.25) is 0 Å². The first-order valence-electron chi connectivity index (χ1n) is 9.32. The molecule has 0 bridgehead atoms. The van der Waals surface area contributed by atoms with E-state index in [2.05, 4.69) is 24.3 Å². The first kappa shape index (κ1) is 18.1. The van der Waals surface area contributed by atoms with Crippen LogP contribution in [0.2, 0.25) is 0 Å². The van der Waals surface area contributed by atoms with Crippen LogP contribution in [0.15, 0.2) is 72.8 Å². The van der Waals surface area contributed by atoms with Crippen LogP contribution in [-0.2, 0) is 16.1 Å². The molecule has 4 nitrogen and oxygen atoms in total. The van der Waals surface area contributed by atoms with Crippen LogP contribution in [0.4, 0.5) is 0 Å². The zero-order chi connectivity index (χ0) is 18.6. The van der Waals surface area contributed by atoms with Gasteiger partial charge in [0.1, 0.15) is 12.2 Å². The number of aliphatic hydroxyl groups is 2. The first-order chi connectivity index (χ1) is 13.2. The topological polar surface area (TPSA) is 58.9 Å². The summed E-state index contributed by atoms with van der Waals surface area (Å²) in [6, 6.07) is 24.2. The van der Waals surface area contributed by atoms with Crippen molar-refractivity contribution in [3.63, 3.8) is 0 Å². The summed E-state index contributed by atoms with van der Waals surface area (Å²) in [6.07, 6.45) is -2.24. The van der Waals surface area contributed by atoms with Gasteiger partial charge in [0, 0.05) is 6.42 Å². The van der Waals surface area contributed by atoms with Crippen molar-refractivity contribution in [2.75, 3.05) is 6.61 Å². The van der Waals surface area contributed by atoms with E-state index in [0.29, 0.717) is 13.0 Å². The Hall–Kier alpha value is -2.24. The van der Waals surface area contributed by atoms with Crippen LogP contribution in [0.1, 0.15) is 23.7 Å². The average Bonchev–Trinajstić information content (AvgIpc) is 2.71. The summed E-state index contributed by atoms with van der Waals surface area (Å²) < 4.78 is 11.8. The average molecular weight is 364 g/mol. The van der Waals surface area contributed by atoms with Crippen LogP contribution in [-0.4, -0.2) is 35.1 Å². The molecule has 1 aliphatic heterocycles. The SMILES string of the molecule is O[C@H]1[C@H](O)C[C@H](c2ccc3ccccc3c2)O[C@@H]1COCc1ccccc1. The van der Waals surface area contributed by atoms with Gasteiger partial charge in [-0.25, -0.2) is 0 Å². The largest absolute Gasteiger partial charge is 0.390 e. The van der Waals surface area contributed by atoms with Crippen LogP contribution < -0.4 is 0 Å². The highest BCUT2D eigenvalue weighted by atomic mass is 16.6. The van der Waals surface area contributed by atoms with Gasteiger partial charge in [0.05, 0.1) is 25.4 Å². The smallest absolute Gasteiger partial charge is 0.110 e. The van der Waals surface area contributed by atoms with Gasteiger partial charge in [-0.05, 0) is 28.0 Å². The molecule has 27 heavy (non-hydrogen) atoms. The van der Waals surface area contributed by atoms with Gasteiger partial charge in [0.15, 0.2) is 0 Å². The Morgan fingerprint density at radius 1 is 0.889 bits per heavy atom. The molecule has 4 heteroatoms. The molecule has 3 aromatic rings. The maximum atomic E-state index is 10.3. The minimum atomic E-state index is -0.947. The highest BCUT2D eigenvalue weighted by Crippen LogP contribution is 2.33. The van der Waals surface area contributed by atoms with Crippen molar-refractivity contribution in [2.24, 2.45) is 0 Å². The molecule has 0 spiro atoms. The lowest BCUT2D eigenvalue weighted by Crippen LogP contribution is -2.47. The molecule has 1 fully saturated rings. The van der Waals surface area contributed by atoms with Crippen molar-refractivity contribution in [3.8, 4) is 0 Å². The summed E-state index contributed by atoms with van der Waals surface area (Å²) >= 11 is 0. The van der Waals surface area contributed by atoms with E-state index in [1.54, 1.807) is 0 Å². The first-order valence-corrected chi connectivity index (χ1v) is 9.32. The zero-order valence-electron chi connectivity index (χ0n) is 15.1. The van der Waals surface area contributed by atoms with E-state index >= 15 is 0 Å². The fourth-order valence-corrected chi connectivity index (χ4v) is 3.58. The summed E-state index contributed by atoms with van der Waals surface area (Å²) in [5, 5.41) is 22.9. The molecule has 4 rings (SSSR count). The Balaban J connectivity index is 1.44. The summed E-state index contributed by atoms with van der Waals surface area (Å²) in [4.78, 5) is 0. The number of hydrogen-bond donors (Lipinski definition) is 2. The molecular formula is C23H24O4. The highest BCUT2D eigenvalue weighted by molar-refractivity contribution is 5.83. The molecule has 0 unspecified atom stereocenters. The molecule has 140 valence electrons. The van der Waals surface area contributed by atoms with E-state index in [4.69, 9.17) is 9.47 Å². The van der Waals surface area contributed by atoms with E-state index in [1.807, 2.05) is 48.5 Å². The molecule has 0 aromatic heterocycles. The van der Waals surface area contributed by atoms with Crippen molar-refractivity contribution in [3.05, 3.63) is 83.9 Å². The summed E-state index contributed by atoms with van der Waals surface area (Å²) in [5.41, 5.74) is 2.07. The molecule has 2 N–H and O–H groups in total. The Morgan fingerprint density at radius 3 is 2.44 bits per heavy atom. The van der Waals surface area contributed by atoms with E-state index in [9.17, 15) is 10.2 Å². The predicted octanol–water partition coefficient (Wildman–Crippen LogP) is 3.61. The van der Waals surface area contributed by atoms with Crippen molar-refractivity contribution >= 4 is 10.8 Å². The Kier molecular flexibility index (Phi) is 5.50. The van der Waals surface area contributed by atoms with Crippen LogP contribution >= 0.6 is 0 Å². The Morgan fingerprint density at radius 2 is 1.63 bits per heavy atom.